The SMILES string of the molecule is CC(C)C1CC[C@@H]2C(CCC3[C@@](C)(CC(C)(OP(Oc4ccc(C(C)(C)C)cc4C(C)(C)C)Oc4ccc(C(C)(C)C)cc4C(C)(C)C)OP(Oc4ccc(C(C)(C)C)cc4C(C)(C)C)Oc4ccc(C(C)(C)C)cc4C(C)(C)C)CCC[C@@]32C)C1. The van der Waals surface area contributed by atoms with Crippen LogP contribution >= 0.6 is 17.2 Å². The predicted molar refractivity (Wildman–Crippen MR) is 369 cm³/mol. The highest BCUT2D eigenvalue weighted by atomic mass is 31.2. The van der Waals surface area contributed by atoms with Gasteiger partial charge in [-0.1, -0.05) is 249 Å². The van der Waals surface area contributed by atoms with Crippen molar-refractivity contribution in [2.45, 2.75) is 308 Å². The quantitative estimate of drug-likeness (QED) is 0.0873. The van der Waals surface area contributed by atoms with E-state index in [1.165, 1.54) is 60.8 Å². The molecule has 3 aliphatic carbocycles. The van der Waals surface area contributed by atoms with Gasteiger partial charge in [-0.25, -0.2) is 0 Å². The molecule has 7 rings (SSSR count). The van der Waals surface area contributed by atoms with Crippen LogP contribution in [0, 0.1) is 40.4 Å². The highest BCUT2D eigenvalue weighted by Crippen LogP contribution is 2.68. The van der Waals surface area contributed by atoms with Gasteiger partial charge in [0.2, 0.25) is 0 Å². The lowest BCUT2D eigenvalue weighted by atomic mass is 9.43. The van der Waals surface area contributed by atoms with Crippen LogP contribution < -0.4 is 18.1 Å². The van der Waals surface area contributed by atoms with Gasteiger partial charge in [0.1, 0.15) is 23.0 Å². The fourth-order valence-corrected chi connectivity index (χ4v) is 17.4. The minimum Gasteiger partial charge on any atom is -0.417 e. The number of rotatable bonds is 15. The highest BCUT2D eigenvalue weighted by molar-refractivity contribution is 7.43. The summed E-state index contributed by atoms with van der Waals surface area (Å²) in [6.07, 6.45) is 10.6. The summed E-state index contributed by atoms with van der Waals surface area (Å²) in [5.41, 5.74) is 8.00. The minimum atomic E-state index is -2.27. The smallest absolute Gasteiger partial charge is 0.417 e. The molecular weight excluding hydrogens is 1090 g/mol. The maximum absolute atomic E-state index is 7.99. The van der Waals surface area contributed by atoms with Gasteiger partial charge in [-0.05, 0) is 182 Å². The third kappa shape index (κ3) is 16.5. The van der Waals surface area contributed by atoms with E-state index in [2.05, 4.69) is 274 Å². The van der Waals surface area contributed by atoms with E-state index in [0.29, 0.717) is 18.3 Å². The molecule has 4 aromatic rings. The van der Waals surface area contributed by atoms with Crippen molar-refractivity contribution >= 4 is 17.2 Å². The van der Waals surface area contributed by atoms with Gasteiger partial charge in [0.05, 0.1) is 0 Å². The van der Waals surface area contributed by atoms with Crippen molar-refractivity contribution in [1.29, 1.82) is 0 Å². The molecule has 4 aromatic carbocycles. The van der Waals surface area contributed by atoms with Crippen LogP contribution in [0.1, 0.15) is 303 Å². The topological polar surface area (TPSA) is 55.4 Å². The van der Waals surface area contributed by atoms with Gasteiger partial charge in [0.15, 0.2) is 5.79 Å². The molecule has 6 nitrogen and oxygen atoms in total. The summed E-state index contributed by atoms with van der Waals surface area (Å²) in [5, 5.41) is 0. The first-order valence-electron chi connectivity index (χ1n) is 33.3. The standard InChI is InChI=1S/C78H122O6P2/c1-51(2)52-31-37-58-53(45-52)32-42-67-76(27,43-30-44-77(58,67)28)50-78(29,83-85(79-63-38-33-54(68(3,4)5)46-59(63)72(15,16)17)80-64-39-34-55(69(6,7)8)47-60(64)73(18,19)20)84-86(81-65-40-35-56(70(9,10)11)48-61(65)74(21,22)23)82-66-41-36-57(71(12,13)14)49-62(66)75(24,25)26/h33-36,38-41,46-49,51-53,58,67H,30-32,37,42-45,50H2,1-29H3/t52?,53?,58-,67?,76-,77-/m1/s1. The van der Waals surface area contributed by atoms with E-state index < -0.39 is 23.0 Å². The lowest BCUT2D eigenvalue weighted by Crippen LogP contribution is -2.55. The van der Waals surface area contributed by atoms with Crippen molar-refractivity contribution in [3.05, 3.63) is 117 Å². The van der Waals surface area contributed by atoms with Crippen LogP contribution in [0.4, 0.5) is 0 Å². The summed E-state index contributed by atoms with van der Waals surface area (Å²) in [6.45, 7) is 66.9. The molecule has 6 atom stereocenters. The van der Waals surface area contributed by atoms with E-state index in [0.717, 1.165) is 75.8 Å². The van der Waals surface area contributed by atoms with Gasteiger partial charge in [-0.15, -0.1) is 0 Å². The summed E-state index contributed by atoms with van der Waals surface area (Å²) >= 11 is 0. The molecule has 3 aliphatic rings. The highest BCUT2D eigenvalue weighted by Gasteiger charge is 2.59. The second-order valence-corrected chi connectivity index (χ2v) is 38.5. The summed E-state index contributed by atoms with van der Waals surface area (Å²) in [7, 11) is -4.54. The molecule has 3 unspecified atom stereocenters. The Labute approximate surface area is 529 Å². The second-order valence-electron chi connectivity index (χ2n) is 36.5. The van der Waals surface area contributed by atoms with Gasteiger partial charge in [0, 0.05) is 28.7 Å². The summed E-state index contributed by atoms with van der Waals surface area (Å²) < 4.78 is 46.2. The van der Waals surface area contributed by atoms with Crippen molar-refractivity contribution in [3.63, 3.8) is 0 Å². The largest absolute Gasteiger partial charge is 0.465 e. The summed E-state index contributed by atoms with van der Waals surface area (Å²) in [6, 6.07) is 26.8. The maximum atomic E-state index is 7.99. The van der Waals surface area contributed by atoms with Crippen molar-refractivity contribution in [2.24, 2.45) is 40.4 Å². The van der Waals surface area contributed by atoms with Crippen molar-refractivity contribution in [2.75, 3.05) is 0 Å². The molecule has 8 heteroatoms. The zero-order valence-electron chi connectivity index (χ0n) is 60.0. The van der Waals surface area contributed by atoms with Gasteiger partial charge in [-0.3, -0.25) is 9.05 Å². The fraction of sp³-hybridized carbons (Fsp3) is 0.692. The molecule has 0 saturated heterocycles. The number of benzene rings is 4. The molecule has 0 aliphatic heterocycles. The first kappa shape index (κ1) is 70.3. The third-order valence-corrected chi connectivity index (χ3v) is 22.8. The van der Waals surface area contributed by atoms with Crippen LogP contribution in [-0.4, -0.2) is 5.79 Å². The van der Waals surface area contributed by atoms with Crippen molar-refractivity contribution in [3.8, 4) is 23.0 Å². The molecule has 0 N–H and O–H groups in total. The molecule has 3 fully saturated rings. The van der Waals surface area contributed by atoms with Crippen LogP contribution in [0.15, 0.2) is 72.8 Å². The second kappa shape index (κ2) is 24.8. The zero-order chi connectivity index (χ0) is 64.6. The first-order chi connectivity index (χ1) is 39.0. The van der Waals surface area contributed by atoms with E-state index >= 15 is 0 Å². The van der Waals surface area contributed by atoms with E-state index in [9.17, 15) is 0 Å². The molecule has 0 amide bonds. The van der Waals surface area contributed by atoms with Crippen LogP contribution in [0.2, 0.25) is 0 Å². The molecule has 0 radical (unpaired) electrons. The Morgan fingerprint density at radius 2 is 0.744 bits per heavy atom. The molecule has 3 saturated carbocycles. The Morgan fingerprint density at radius 3 is 1.03 bits per heavy atom. The minimum absolute atomic E-state index is 0.0765. The molecule has 480 valence electrons. The Balaban J connectivity index is 1.48. The Hall–Kier alpha value is -3.14. The number of fused-ring (bicyclic) bond motifs is 3. The molecule has 0 spiro atoms. The molecule has 0 heterocycles. The number of hydrogen-bond donors (Lipinski definition) is 0. The van der Waals surface area contributed by atoms with E-state index in [4.69, 9.17) is 27.1 Å². The van der Waals surface area contributed by atoms with Gasteiger partial charge < -0.3 is 18.1 Å². The van der Waals surface area contributed by atoms with Gasteiger partial charge in [-0.2, -0.15) is 0 Å². The normalized spacial score (nSPS) is 23.1. The Kier molecular flexibility index (Phi) is 20.3. The monoisotopic (exact) mass is 1220 g/mol. The third-order valence-electron chi connectivity index (χ3n) is 20.3. The lowest BCUT2D eigenvalue weighted by molar-refractivity contribution is -0.180. The van der Waals surface area contributed by atoms with Crippen molar-refractivity contribution in [1.82, 2.24) is 0 Å². The molecule has 0 aromatic heterocycles. The molecular formula is C78H122O6P2. The first-order valence-corrected chi connectivity index (χ1v) is 35.5. The number of hydrogen-bond acceptors (Lipinski definition) is 6. The van der Waals surface area contributed by atoms with E-state index in [1.807, 2.05) is 0 Å². The maximum Gasteiger partial charge on any atom is 0.465 e. The van der Waals surface area contributed by atoms with E-state index in [1.54, 1.807) is 0 Å². The summed E-state index contributed by atoms with van der Waals surface area (Å²) in [4.78, 5) is 0. The van der Waals surface area contributed by atoms with Crippen LogP contribution in [-0.2, 0) is 52.4 Å². The lowest BCUT2D eigenvalue weighted by Gasteiger charge is -2.62. The average Bonchev–Trinajstić information content (AvgIpc) is 0.739. The average molecular weight is 1220 g/mol. The molecule has 0 bridgehead atoms. The van der Waals surface area contributed by atoms with Gasteiger partial charge in [0.25, 0.3) is 0 Å². The Bertz CT molecular complexity index is 2650. The van der Waals surface area contributed by atoms with E-state index in [-0.39, 0.29) is 54.1 Å². The van der Waals surface area contributed by atoms with Gasteiger partial charge >= 0.3 is 17.2 Å². The van der Waals surface area contributed by atoms with Crippen LogP contribution in [0.5, 0.6) is 23.0 Å². The Morgan fingerprint density at radius 1 is 0.419 bits per heavy atom. The van der Waals surface area contributed by atoms with Crippen LogP contribution in [0.25, 0.3) is 0 Å². The zero-order valence-corrected chi connectivity index (χ0v) is 61.8. The fourth-order valence-electron chi connectivity index (χ4n) is 15.0. The van der Waals surface area contributed by atoms with Crippen molar-refractivity contribution < 1.29 is 27.1 Å². The summed E-state index contributed by atoms with van der Waals surface area (Å²) in [5.74, 6) is 5.06. The van der Waals surface area contributed by atoms with Crippen LogP contribution in [0.3, 0.4) is 0 Å². The molecule has 86 heavy (non-hydrogen) atoms. The predicted octanol–water partition coefficient (Wildman–Crippen LogP) is 24.6.